The van der Waals surface area contributed by atoms with E-state index >= 15 is 0 Å². The Morgan fingerprint density at radius 2 is 1.68 bits per heavy atom. The van der Waals surface area contributed by atoms with Gasteiger partial charge in [0.2, 0.25) is 0 Å². The van der Waals surface area contributed by atoms with Crippen LogP contribution in [0, 0.1) is 0 Å². The quantitative estimate of drug-likeness (QED) is 0.676. The lowest BCUT2D eigenvalue weighted by atomic mass is 9.95. The van der Waals surface area contributed by atoms with Crippen LogP contribution in [0.1, 0.15) is 50.8 Å². The highest BCUT2D eigenvalue weighted by atomic mass is 16.3. The van der Waals surface area contributed by atoms with E-state index in [1.807, 2.05) is 6.92 Å². The predicted octanol–water partition coefficient (Wildman–Crippen LogP) is 2.42. The predicted molar refractivity (Wildman–Crippen MR) is 79.2 cm³/mol. The van der Waals surface area contributed by atoms with Crippen molar-refractivity contribution in [1.29, 1.82) is 0 Å². The van der Waals surface area contributed by atoms with Crippen LogP contribution < -0.4 is 5.32 Å². The van der Waals surface area contributed by atoms with Crippen molar-refractivity contribution < 1.29 is 10.2 Å². The largest absolute Gasteiger partial charge is 0.394 e. The van der Waals surface area contributed by atoms with Crippen LogP contribution in [0.3, 0.4) is 0 Å². The van der Waals surface area contributed by atoms with Crippen molar-refractivity contribution in [2.24, 2.45) is 0 Å². The first-order chi connectivity index (χ1) is 9.10. The van der Waals surface area contributed by atoms with E-state index in [-0.39, 0.29) is 19.3 Å². The van der Waals surface area contributed by atoms with Crippen LogP contribution in [0.5, 0.6) is 0 Å². The summed E-state index contributed by atoms with van der Waals surface area (Å²) in [6, 6.07) is 8.66. The second-order valence-corrected chi connectivity index (χ2v) is 5.31. The lowest BCUT2D eigenvalue weighted by molar-refractivity contribution is 0.0793. The summed E-state index contributed by atoms with van der Waals surface area (Å²) in [5.41, 5.74) is 1.94. The van der Waals surface area contributed by atoms with Gasteiger partial charge < -0.3 is 15.5 Å². The maximum absolute atomic E-state index is 9.46. The Morgan fingerprint density at radius 3 is 2.11 bits per heavy atom. The second-order valence-electron chi connectivity index (χ2n) is 5.31. The number of hydrogen-bond donors (Lipinski definition) is 3. The summed E-state index contributed by atoms with van der Waals surface area (Å²) in [6.45, 7) is 6.09. The molecule has 1 aromatic carbocycles. The zero-order valence-electron chi connectivity index (χ0n) is 12.3. The van der Waals surface area contributed by atoms with E-state index in [9.17, 15) is 10.2 Å². The molecule has 1 rings (SSSR count). The smallest absolute Gasteiger partial charge is 0.0650 e. The van der Waals surface area contributed by atoms with Gasteiger partial charge in [-0.1, -0.05) is 44.5 Å². The monoisotopic (exact) mass is 265 g/mol. The molecule has 3 N–H and O–H groups in total. The molecule has 0 aliphatic heterocycles. The summed E-state index contributed by atoms with van der Waals surface area (Å²) in [5, 5.41) is 22.3. The molecule has 3 heteroatoms. The summed E-state index contributed by atoms with van der Waals surface area (Å²) in [4.78, 5) is 0. The molecule has 0 spiro atoms. The van der Waals surface area contributed by atoms with Crippen LogP contribution in [0.2, 0.25) is 0 Å². The third-order valence-corrected chi connectivity index (χ3v) is 3.82. The van der Waals surface area contributed by atoms with Crippen LogP contribution in [-0.4, -0.2) is 29.0 Å². The van der Waals surface area contributed by atoms with Gasteiger partial charge in [-0.3, -0.25) is 0 Å². The van der Waals surface area contributed by atoms with Gasteiger partial charge in [0, 0.05) is 6.04 Å². The first kappa shape index (κ1) is 16.2. The number of nitrogens with one attached hydrogen (secondary N) is 1. The van der Waals surface area contributed by atoms with E-state index in [1.165, 1.54) is 11.1 Å². The minimum absolute atomic E-state index is 0.0573. The van der Waals surface area contributed by atoms with Crippen LogP contribution in [0.4, 0.5) is 0 Å². The molecule has 108 valence electrons. The van der Waals surface area contributed by atoms with Gasteiger partial charge in [-0.2, -0.15) is 0 Å². The molecule has 0 aliphatic carbocycles. The van der Waals surface area contributed by atoms with E-state index < -0.39 is 5.54 Å². The van der Waals surface area contributed by atoms with E-state index in [0.717, 1.165) is 12.8 Å². The standard InChI is InChI=1S/C16H27NO2/c1-4-6-14-7-9-15(10-8-14)13(3)17-16(5-2,11-18)12-19/h7-10,13,17-19H,4-6,11-12H2,1-3H3. The van der Waals surface area contributed by atoms with Crippen molar-refractivity contribution in [2.45, 2.75) is 51.6 Å². The number of hydrogen-bond acceptors (Lipinski definition) is 3. The molecule has 0 aliphatic rings. The summed E-state index contributed by atoms with van der Waals surface area (Å²) >= 11 is 0. The molecule has 1 unspecified atom stereocenters. The van der Waals surface area contributed by atoms with Crippen molar-refractivity contribution in [3.05, 3.63) is 35.4 Å². The Morgan fingerprint density at radius 1 is 1.11 bits per heavy atom. The first-order valence-electron chi connectivity index (χ1n) is 7.19. The highest BCUT2D eigenvalue weighted by molar-refractivity contribution is 5.25. The Bertz CT molecular complexity index is 349. The van der Waals surface area contributed by atoms with Gasteiger partial charge in [0.25, 0.3) is 0 Å². The molecule has 0 amide bonds. The Hall–Kier alpha value is -0.900. The number of aliphatic hydroxyl groups excluding tert-OH is 2. The van der Waals surface area contributed by atoms with Gasteiger partial charge in [0.15, 0.2) is 0 Å². The maximum Gasteiger partial charge on any atom is 0.0650 e. The normalized spacial score (nSPS) is 13.5. The number of aryl methyl sites for hydroxylation is 1. The van der Waals surface area contributed by atoms with Gasteiger partial charge in [-0.25, -0.2) is 0 Å². The third-order valence-electron chi connectivity index (χ3n) is 3.82. The van der Waals surface area contributed by atoms with Crippen LogP contribution in [0.25, 0.3) is 0 Å². The Balaban J connectivity index is 2.74. The molecule has 0 saturated carbocycles. The molecule has 0 saturated heterocycles. The number of rotatable bonds is 8. The van der Waals surface area contributed by atoms with E-state index in [1.54, 1.807) is 0 Å². The van der Waals surface area contributed by atoms with Crippen molar-refractivity contribution in [3.8, 4) is 0 Å². The van der Waals surface area contributed by atoms with Crippen LogP contribution >= 0.6 is 0 Å². The summed E-state index contributed by atoms with van der Waals surface area (Å²) in [7, 11) is 0. The van der Waals surface area contributed by atoms with E-state index in [0.29, 0.717) is 6.42 Å². The fourth-order valence-corrected chi connectivity index (χ4v) is 2.27. The topological polar surface area (TPSA) is 52.5 Å². The van der Waals surface area contributed by atoms with Crippen molar-refractivity contribution >= 4 is 0 Å². The molecule has 3 nitrogen and oxygen atoms in total. The average Bonchev–Trinajstić information content (AvgIpc) is 2.46. The molecule has 0 radical (unpaired) electrons. The minimum Gasteiger partial charge on any atom is -0.394 e. The Kier molecular flexibility index (Phi) is 6.49. The average molecular weight is 265 g/mol. The number of benzene rings is 1. The lowest BCUT2D eigenvalue weighted by Gasteiger charge is -2.33. The van der Waals surface area contributed by atoms with Crippen molar-refractivity contribution in [3.63, 3.8) is 0 Å². The zero-order valence-corrected chi connectivity index (χ0v) is 12.3. The lowest BCUT2D eigenvalue weighted by Crippen LogP contribution is -2.52. The van der Waals surface area contributed by atoms with E-state index in [2.05, 4.69) is 43.4 Å². The van der Waals surface area contributed by atoms with Crippen molar-refractivity contribution in [2.75, 3.05) is 13.2 Å². The summed E-state index contributed by atoms with van der Waals surface area (Å²) in [6.07, 6.45) is 2.95. The van der Waals surface area contributed by atoms with Gasteiger partial charge in [0.1, 0.15) is 0 Å². The molecule has 0 aromatic heterocycles. The molecule has 1 aromatic rings. The molecule has 0 heterocycles. The fraction of sp³-hybridized carbons (Fsp3) is 0.625. The minimum atomic E-state index is -0.596. The highest BCUT2D eigenvalue weighted by Crippen LogP contribution is 2.19. The van der Waals surface area contributed by atoms with E-state index in [4.69, 9.17) is 0 Å². The highest BCUT2D eigenvalue weighted by Gasteiger charge is 2.28. The molecule has 19 heavy (non-hydrogen) atoms. The fourth-order valence-electron chi connectivity index (χ4n) is 2.27. The van der Waals surface area contributed by atoms with Crippen LogP contribution in [-0.2, 0) is 6.42 Å². The molecule has 1 atom stereocenters. The SMILES string of the molecule is CCCc1ccc(C(C)NC(CC)(CO)CO)cc1. The summed E-state index contributed by atoms with van der Waals surface area (Å²) < 4.78 is 0. The molecule has 0 fully saturated rings. The molecular formula is C16H27NO2. The third kappa shape index (κ3) is 4.30. The molecule has 0 bridgehead atoms. The number of aliphatic hydroxyl groups is 2. The Labute approximate surface area is 116 Å². The van der Waals surface area contributed by atoms with Gasteiger partial charge >= 0.3 is 0 Å². The van der Waals surface area contributed by atoms with Crippen LogP contribution in [0.15, 0.2) is 24.3 Å². The molecular weight excluding hydrogens is 238 g/mol. The van der Waals surface area contributed by atoms with Gasteiger partial charge in [-0.15, -0.1) is 0 Å². The van der Waals surface area contributed by atoms with Gasteiger partial charge in [-0.05, 0) is 30.9 Å². The second kappa shape index (κ2) is 7.63. The summed E-state index contributed by atoms with van der Waals surface area (Å²) in [5.74, 6) is 0. The first-order valence-corrected chi connectivity index (χ1v) is 7.19. The zero-order chi connectivity index (χ0) is 14.3. The van der Waals surface area contributed by atoms with Crippen molar-refractivity contribution in [1.82, 2.24) is 5.32 Å². The van der Waals surface area contributed by atoms with Gasteiger partial charge in [0.05, 0.1) is 18.8 Å². The maximum atomic E-state index is 9.46.